The second-order valence-corrected chi connectivity index (χ2v) is 5.87. The molecular weight excluding hydrogens is 328 g/mol. The molecule has 0 saturated heterocycles. The van der Waals surface area contributed by atoms with Crippen molar-refractivity contribution < 1.29 is 14.3 Å². The molecule has 126 valence electrons. The second-order valence-electron chi connectivity index (χ2n) is 4.80. The minimum atomic E-state index is -0.969. The molecule has 0 saturated carbocycles. The van der Waals surface area contributed by atoms with Gasteiger partial charge in [-0.1, -0.05) is 17.8 Å². The number of thioether (sulfide) groups is 1. The van der Waals surface area contributed by atoms with Crippen LogP contribution >= 0.6 is 11.8 Å². The first-order chi connectivity index (χ1) is 11.6. The number of nitrogens with zero attached hydrogens (tertiary/aromatic N) is 4. The van der Waals surface area contributed by atoms with Gasteiger partial charge in [0.1, 0.15) is 0 Å². The third-order valence-electron chi connectivity index (χ3n) is 3.06. The third kappa shape index (κ3) is 4.08. The van der Waals surface area contributed by atoms with E-state index < -0.39 is 11.2 Å². The zero-order valence-electron chi connectivity index (χ0n) is 13.5. The van der Waals surface area contributed by atoms with E-state index in [2.05, 4.69) is 21.8 Å². The van der Waals surface area contributed by atoms with E-state index in [1.807, 2.05) is 12.1 Å². The summed E-state index contributed by atoms with van der Waals surface area (Å²) in [4.78, 5) is 27.8. The van der Waals surface area contributed by atoms with Gasteiger partial charge in [-0.05, 0) is 26.0 Å². The zero-order chi connectivity index (χ0) is 17.5. The van der Waals surface area contributed by atoms with Gasteiger partial charge in [0.05, 0.1) is 6.61 Å². The first-order valence-electron chi connectivity index (χ1n) is 7.36. The van der Waals surface area contributed by atoms with E-state index in [1.54, 1.807) is 30.0 Å². The number of pyridine rings is 1. The number of ether oxygens (including phenoxy) is 1. The van der Waals surface area contributed by atoms with Crippen LogP contribution in [0.15, 0.2) is 42.3 Å². The number of hydrogen-bond donors (Lipinski definition) is 0. The maximum atomic E-state index is 12.0. The molecule has 2 aromatic heterocycles. The summed E-state index contributed by atoms with van der Waals surface area (Å²) in [5.41, 5.74) is 0.835. The van der Waals surface area contributed by atoms with Gasteiger partial charge >= 0.3 is 5.97 Å². The van der Waals surface area contributed by atoms with Crippen LogP contribution in [0.5, 0.6) is 0 Å². The van der Waals surface area contributed by atoms with Crippen molar-refractivity contribution in [2.75, 3.05) is 6.61 Å². The fourth-order valence-electron chi connectivity index (χ4n) is 2.00. The van der Waals surface area contributed by atoms with Crippen LogP contribution in [0, 0.1) is 0 Å². The largest absolute Gasteiger partial charge is 0.465 e. The van der Waals surface area contributed by atoms with Crippen molar-refractivity contribution in [1.29, 1.82) is 0 Å². The number of carbonyl (C=O) groups is 2. The van der Waals surface area contributed by atoms with Gasteiger partial charge in [0.2, 0.25) is 0 Å². The lowest BCUT2D eigenvalue weighted by Crippen LogP contribution is -2.27. The topological polar surface area (TPSA) is 87.0 Å². The van der Waals surface area contributed by atoms with Crippen LogP contribution in [0.25, 0.3) is 11.4 Å². The van der Waals surface area contributed by atoms with Gasteiger partial charge in [-0.15, -0.1) is 16.8 Å². The normalized spacial score (nSPS) is 11.8. The van der Waals surface area contributed by atoms with Crippen LogP contribution in [0.1, 0.15) is 13.8 Å². The molecule has 24 heavy (non-hydrogen) atoms. The number of aromatic nitrogens is 4. The highest BCUT2D eigenvalue weighted by Gasteiger charge is 2.29. The van der Waals surface area contributed by atoms with Gasteiger partial charge in [0.15, 0.2) is 22.0 Å². The Morgan fingerprint density at radius 3 is 2.67 bits per heavy atom. The van der Waals surface area contributed by atoms with E-state index in [-0.39, 0.29) is 12.4 Å². The summed E-state index contributed by atoms with van der Waals surface area (Å²) < 4.78 is 6.76. The highest BCUT2D eigenvalue weighted by atomic mass is 32.2. The lowest BCUT2D eigenvalue weighted by Gasteiger charge is -2.13. The monoisotopic (exact) mass is 346 g/mol. The highest BCUT2D eigenvalue weighted by Crippen LogP contribution is 2.27. The fraction of sp³-hybridized carbons (Fsp3) is 0.312. The van der Waals surface area contributed by atoms with Crippen molar-refractivity contribution in [2.24, 2.45) is 0 Å². The van der Waals surface area contributed by atoms with Crippen molar-refractivity contribution in [2.45, 2.75) is 30.8 Å². The minimum absolute atomic E-state index is 0.213. The minimum Gasteiger partial charge on any atom is -0.465 e. The first-order valence-corrected chi connectivity index (χ1v) is 8.24. The molecule has 0 fully saturated rings. The average molecular weight is 346 g/mol. The summed E-state index contributed by atoms with van der Waals surface area (Å²) in [5.74, 6) is -0.253. The molecule has 0 aliphatic heterocycles. The molecule has 0 amide bonds. The van der Waals surface area contributed by atoms with Crippen molar-refractivity contribution in [1.82, 2.24) is 19.7 Å². The molecule has 8 heteroatoms. The number of carbonyl (C=O) groups excluding carboxylic acids is 2. The molecule has 7 nitrogen and oxygen atoms in total. The molecular formula is C16H18N4O3S. The number of Topliss-reactive ketones (excluding diaryl/α,β-unsaturated/α-hetero) is 1. The number of esters is 1. The summed E-state index contributed by atoms with van der Waals surface area (Å²) >= 11 is 1.03. The molecule has 0 unspecified atom stereocenters. The van der Waals surface area contributed by atoms with Crippen LogP contribution in [0.4, 0.5) is 0 Å². The van der Waals surface area contributed by atoms with E-state index in [1.165, 1.54) is 6.92 Å². The Bertz CT molecular complexity index is 730. The average Bonchev–Trinajstić information content (AvgIpc) is 2.96. The second kappa shape index (κ2) is 8.39. The van der Waals surface area contributed by atoms with Gasteiger partial charge in [0, 0.05) is 24.5 Å². The van der Waals surface area contributed by atoms with Gasteiger partial charge in [-0.3, -0.25) is 19.1 Å². The quantitative estimate of drug-likeness (QED) is 0.313. The Kier molecular flexibility index (Phi) is 6.25. The van der Waals surface area contributed by atoms with Crippen molar-refractivity contribution >= 4 is 23.5 Å². The van der Waals surface area contributed by atoms with Gasteiger partial charge in [0.25, 0.3) is 0 Å². The molecule has 0 aliphatic rings. The predicted octanol–water partition coefficient (Wildman–Crippen LogP) is 2.14. The zero-order valence-corrected chi connectivity index (χ0v) is 14.3. The van der Waals surface area contributed by atoms with Crippen molar-refractivity contribution in [3.05, 3.63) is 37.2 Å². The molecule has 0 aromatic carbocycles. The number of ketones is 1. The Labute approximate surface area is 144 Å². The third-order valence-corrected chi connectivity index (χ3v) is 4.33. The van der Waals surface area contributed by atoms with E-state index in [0.717, 1.165) is 17.3 Å². The summed E-state index contributed by atoms with van der Waals surface area (Å²) in [6.07, 6.45) is 5.02. The number of rotatable bonds is 8. The molecule has 0 N–H and O–H groups in total. The Morgan fingerprint density at radius 1 is 1.38 bits per heavy atom. The van der Waals surface area contributed by atoms with Crippen molar-refractivity contribution in [3.8, 4) is 11.4 Å². The summed E-state index contributed by atoms with van der Waals surface area (Å²) in [7, 11) is 0. The summed E-state index contributed by atoms with van der Waals surface area (Å²) in [6, 6.07) is 3.62. The van der Waals surface area contributed by atoms with E-state index in [4.69, 9.17) is 4.74 Å². The Balaban J connectivity index is 2.36. The van der Waals surface area contributed by atoms with Gasteiger partial charge < -0.3 is 4.74 Å². The lowest BCUT2D eigenvalue weighted by atomic mass is 10.2. The molecule has 2 heterocycles. The van der Waals surface area contributed by atoms with Crippen LogP contribution in [-0.4, -0.2) is 43.4 Å². The smallest absolute Gasteiger partial charge is 0.327 e. The van der Waals surface area contributed by atoms with E-state index in [9.17, 15) is 9.59 Å². The maximum absolute atomic E-state index is 12.0. The fourth-order valence-corrected chi connectivity index (χ4v) is 2.92. The predicted molar refractivity (Wildman–Crippen MR) is 90.4 cm³/mol. The van der Waals surface area contributed by atoms with Crippen LogP contribution < -0.4 is 0 Å². The highest BCUT2D eigenvalue weighted by molar-refractivity contribution is 8.01. The molecule has 0 bridgehead atoms. The first kappa shape index (κ1) is 17.9. The van der Waals surface area contributed by atoms with Gasteiger partial charge in [-0.25, -0.2) is 0 Å². The molecule has 2 rings (SSSR count). The SMILES string of the molecule is C=CCn1c(S[C@@H](C(C)=O)C(=O)OCC)nnc1-c1ccncc1. The molecule has 0 radical (unpaired) electrons. The van der Waals surface area contributed by atoms with Crippen LogP contribution in [0.2, 0.25) is 0 Å². The van der Waals surface area contributed by atoms with Crippen molar-refractivity contribution in [3.63, 3.8) is 0 Å². The Hall–Kier alpha value is -2.48. The Morgan fingerprint density at radius 2 is 2.08 bits per heavy atom. The van der Waals surface area contributed by atoms with E-state index in [0.29, 0.717) is 17.5 Å². The molecule has 0 spiro atoms. The molecule has 2 aromatic rings. The van der Waals surface area contributed by atoms with E-state index >= 15 is 0 Å². The summed E-state index contributed by atoms with van der Waals surface area (Å²) in [5, 5.41) is 7.78. The van der Waals surface area contributed by atoms with Crippen LogP contribution in [-0.2, 0) is 20.9 Å². The molecule has 1 atom stereocenters. The number of allylic oxidation sites excluding steroid dienone is 1. The lowest BCUT2D eigenvalue weighted by molar-refractivity contribution is -0.144. The molecule has 0 aliphatic carbocycles. The summed E-state index contributed by atoms with van der Waals surface area (Å²) in [6.45, 7) is 7.44. The standard InChI is InChI=1S/C16H18N4O3S/c1-4-10-20-14(12-6-8-17-9-7-12)18-19-16(20)24-13(11(3)21)15(22)23-5-2/h4,6-9,13H,1,5,10H2,2-3H3/t13-/m0/s1. The van der Waals surface area contributed by atoms with Crippen LogP contribution in [0.3, 0.4) is 0 Å². The number of hydrogen-bond acceptors (Lipinski definition) is 7. The maximum Gasteiger partial charge on any atom is 0.327 e. The van der Waals surface area contributed by atoms with Gasteiger partial charge in [-0.2, -0.15) is 0 Å².